The fraction of sp³-hybridized carbons (Fsp3) is 0.190. The molecule has 8 nitrogen and oxygen atoms in total. The first-order chi connectivity index (χ1) is 14.0. The van der Waals surface area contributed by atoms with E-state index >= 15 is 0 Å². The summed E-state index contributed by atoms with van der Waals surface area (Å²) in [6.45, 7) is 3.61. The first-order valence-corrected chi connectivity index (χ1v) is 9.04. The Labute approximate surface area is 167 Å². The second kappa shape index (κ2) is 7.67. The fourth-order valence-electron chi connectivity index (χ4n) is 2.88. The predicted octanol–water partition coefficient (Wildman–Crippen LogP) is 3.09. The number of hydrogen-bond acceptors (Lipinski definition) is 6. The summed E-state index contributed by atoms with van der Waals surface area (Å²) >= 11 is 0. The number of rotatable bonds is 5. The van der Waals surface area contributed by atoms with Crippen LogP contribution < -0.4 is 14.8 Å². The highest BCUT2D eigenvalue weighted by Gasteiger charge is 2.20. The van der Waals surface area contributed by atoms with Crippen LogP contribution in [0.5, 0.6) is 11.5 Å². The molecule has 1 aliphatic heterocycles. The minimum absolute atomic E-state index is 0.152. The zero-order valence-electron chi connectivity index (χ0n) is 15.9. The SMILES string of the molecule is Cc1ccnn1-c1ccc(C(=O)O[C@H](C)C(=O)Nc2ccc3c(c2)OCO3)cc1. The van der Waals surface area contributed by atoms with Crippen molar-refractivity contribution in [2.24, 2.45) is 0 Å². The van der Waals surface area contributed by atoms with Crippen LogP contribution >= 0.6 is 0 Å². The molecular weight excluding hydrogens is 374 g/mol. The smallest absolute Gasteiger partial charge is 0.338 e. The molecule has 1 aliphatic rings. The van der Waals surface area contributed by atoms with Gasteiger partial charge in [-0.25, -0.2) is 9.48 Å². The lowest BCUT2D eigenvalue weighted by atomic mass is 10.2. The van der Waals surface area contributed by atoms with Gasteiger partial charge in [0.05, 0.1) is 11.3 Å². The maximum absolute atomic E-state index is 12.4. The molecule has 0 aliphatic carbocycles. The van der Waals surface area contributed by atoms with Crippen molar-refractivity contribution in [2.75, 3.05) is 12.1 Å². The summed E-state index contributed by atoms with van der Waals surface area (Å²) in [7, 11) is 0. The third-order valence-electron chi connectivity index (χ3n) is 4.47. The average Bonchev–Trinajstić information content (AvgIpc) is 3.36. The first-order valence-electron chi connectivity index (χ1n) is 9.04. The van der Waals surface area contributed by atoms with Crippen molar-refractivity contribution in [2.45, 2.75) is 20.0 Å². The Morgan fingerprint density at radius 3 is 2.59 bits per heavy atom. The number of aromatic nitrogens is 2. The van der Waals surface area contributed by atoms with Crippen molar-refractivity contribution >= 4 is 17.6 Å². The molecule has 148 valence electrons. The van der Waals surface area contributed by atoms with Crippen molar-refractivity contribution in [3.63, 3.8) is 0 Å². The van der Waals surface area contributed by atoms with Gasteiger partial charge in [-0.2, -0.15) is 5.10 Å². The summed E-state index contributed by atoms with van der Waals surface area (Å²) in [5, 5.41) is 6.92. The summed E-state index contributed by atoms with van der Waals surface area (Å²) in [6, 6.07) is 13.8. The van der Waals surface area contributed by atoms with Crippen molar-refractivity contribution in [1.29, 1.82) is 0 Å². The minimum Gasteiger partial charge on any atom is -0.454 e. The molecule has 1 atom stereocenters. The van der Waals surface area contributed by atoms with Crippen LogP contribution in [0.4, 0.5) is 5.69 Å². The standard InChI is InChI=1S/C21H19N3O5/c1-13-9-10-22-24(13)17-6-3-15(4-7-17)21(26)29-14(2)20(25)23-16-5-8-18-19(11-16)28-12-27-18/h3-11,14H,12H2,1-2H3,(H,23,25)/t14-/m1/s1. The van der Waals surface area contributed by atoms with Gasteiger partial charge in [-0.3, -0.25) is 4.79 Å². The topological polar surface area (TPSA) is 91.7 Å². The Morgan fingerprint density at radius 1 is 1.10 bits per heavy atom. The summed E-state index contributed by atoms with van der Waals surface area (Å²) in [6.07, 6.45) is 0.735. The van der Waals surface area contributed by atoms with Crippen LogP contribution in [-0.2, 0) is 9.53 Å². The number of hydrogen-bond donors (Lipinski definition) is 1. The van der Waals surface area contributed by atoms with Gasteiger partial charge in [0, 0.05) is 23.6 Å². The third-order valence-corrected chi connectivity index (χ3v) is 4.47. The van der Waals surface area contributed by atoms with Crippen LogP contribution in [0.15, 0.2) is 54.7 Å². The molecule has 8 heteroatoms. The van der Waals surface area contributed by atoms with Gasteiger partial charge in [-0.05, 0) is 56.3 Å². The second-order valence-corrected chi connectivity index (χ2v) is 6.54. The van der Waals surface area contributed by atoms with Gasteiger partial charge in [0.15, 0.2) is 17.6 Å². The summed E-state index contributed by atoms with van der Waals surface area (Å²) < 4.78 is 17.6. The van der Waals surface area contributed by atoms with Crippen molar-refractivity contribution in [3.05, 3.63) is 66.0 Å². The molecule has 2 heterocycles. The number of esters is 1. The van der Waals surface area contributed by atoms with Gasteiger partial charge in [0.1, 0.15) is 0 Å². The van der Waals surface area contributed by atoms with Gasteiger partial charge >= 0.3 is 5.97 Å². The lowest BCUT2D eigenvalue weighted by Crippen LogP contribution is -2.30. The highest BCUT2D eigenvalue weighted by Crippen LogP contribution is 2.34. The van der Waals surface area contributed by atoms with Crippen LogP contribution in [0.25, 0.3) is 5.69 Å². The number of benzene rings is 2. The number of ether oxygens (including phenoxy) is 3. The molecule has 0 spiro atoms. The summed E-state index contributed by atoms with van der Waals surface area (Å²) in [4.78, 5) is 24.7. The number of carbonyl (C=O) groups is 2. The Hall–Kier alpha value is -3.81. The number of nitrogens with one attached hydrogen (secondary N) is 1. The van der Waals surface area contributed by atoms with Crippen LogP contribution in [0.1, 0.15) is 23.0 Å². The molecule has 0 unspecified atom stereocenters. The van der Waals surface area contributed by atoms with E-state index in [0.29, 0.717) is 22.7 Å². The van der Waals surface area contributed by atoms with E-state index < -0.39 is 18.0 Å². The van der Waals surface area contributed by atoms with Crippen LogP contribution in [0.3, 0.4) is 0 Å². The molecule has 29 heavy (non-hydrogen) atoms. The molecule has 1 aromatic heterocycles. The molecule has 3 aromatic rings. The molecule has 0 fully saturated rings. The van der Waals surface area contributed by atoms with E-state index in [1.807, 2.05) is 13.0 Å². The number of nitrogens with zero attached hydrogens (tertiary/aromatic N) is 2. The van der Waals surface area contributed by atoms with E-state index in [1.165, 1.54) is 6.92 Å². The summed E-state index contributed by atoms with van der Waals surface area (Å²) in [5.74, 6) is 0.152. The normalized spacial score (nSPS) is 13.0. The molecule has 0 bridgehead atoms. The van der Waals surface area contributed by atoms with E-state index in [0.717, 1.165) is 11.4 Å². The van der Waals surface area contributed by atoms with E-state index in [2.05, 4.69) is 10.4 Å². The van der Waals surface area contributed by atoms with Gasteiger partial charge in [-0.1, -0.05) is 0 Å². The Kier molecular flexibility index (Phi) is 4.90. The molecule has 0 saturated carbocycles. The molecular formula is C21H19N3O5. The van der Waals surface area contributed by atoms with Gasteiger partial charge in [0.2, 0.25) is 6.79 Å². The number of carbonyl (C=O) groups excluding carboxylic acids is 2. The van der Waals surface area contributed by atoms with E-state index in [9.17, 15) is 9.59 Å². The molecule has 0 radical (unpaired) electrons. The Morgan fingerprint density at radius 2 is 1.86 bits per heavy atom. The molecule has 2 aromatic carbocycles. The zero-order valence-corrected chi connectivity index (χ0v) is 15.9. The fourth-order valence-corrected chi connectivity index (χ4v) is 2.88. The van der Waals surface area contributed by atoms with Gasteiger partial charge in [-0.15, -0.1) is 0 Å². The van der Waals surface area contributed by atoms with Crippen molar-refractivity contribution in [3.8, 4) is 17.2 Å². The molecule has 0 saturated heterocycles. The van der Waals surface area contributed by atoms with Crippen LogP contribution in [0.2, 0.25) is 0 Å². The van der Waals surface area contributed by atoms with Crippen LogP contribution in [0, 0.1) is 6.92 Å². The zero-order chi connectivity index (χ0) is 20.4. The number of amides is 1. The van der Waals surface area contributed by atoms with E-state index in [4.69, 9.17) is 14.2 Å². The highest BCUT2D eigenvalue weighted by atomic mass is 16.7. The highest BCUT2D eigenvalue weighted by molar-refractivity contribution is 5.97. The Balaban J connectivity index is 1.37. The van der Waals surface area contributed by atoms with Crippen molar-refractivity contribution < 1.29 is 23.8 Å². The van der Waals surface area contributed by atoms with E-state index in [-0.39, 0.29) is 6.79 Å². The van der Waals surface area contributed by atoms with Crippen molar-refractivity contribution in [1.82, 2.24) is 9.78 Å². The van der Waals surface area contributed by atoms with Gasteiger partial charge in [0.25, 0.3) is 5.91 Å². The number of fused-ring (bicyclic) bond motifs is 1. The second-order valence-electron chi connectivity index (χ2n) is 6.54. The maximum atomic E-state index is 12.4. The lowest BCUT2D eigenvalue weighted by molar-refractivity contribution is -0.123. The maximum Gasteiger partial charge on any atom is 0.338 e. The summed E-state index contributed by atoms with van der Waals surface area (Å²) in [5.41, 5.74) is 2.69. The first kappa shape index (κ1) is 18.5. The van der Waals surface area contributed by atoms with Crippen LogP contribution in [-0.4, -0.2) is 34.6 Å². The third kappa shape index (κ3) is 3.91. The van der Waals surface area contributed by atoms with Gasteiger partial charge < -0.3 is 19.5 Å². The molecule has 4 rings (SSSR count). The molecule has 1 N–H and O–H groups in total. The monoisotopic (exact) mass is 393 g/mol. The van der Waals surface area contributed by atoms with E-state index in [1.54, 1.807) is 53.3 Å². The lowest BCUT2D eigenvalue weighted by Gasteiger charge is -2.14. The predicted molar refractivity (Wildman–Crippen MR) is 104 cm³/mol. The number of anilines is 1. The minimum atomic E-state index is -0.971. The number of aryl methyl sites for hydroxylation is 1. The largest absolute Gasteiger partial charge is 0.454 e. The average molecular weight is 393 g/mol. The quantitative estimate of drug-likeness (QED) is 0.670. The Bertz CT molecular complexity index is 1060. The molecule has 1 amide bonds.